The van der Waals surface area contributed by atoms with E-state index < -0.39 is 17.6 Å². The van der Waals surface area contributed by atoms with Crippen molar-refractivity contribution in [3.63, 3.8) is 0 Å². The summed E-state index contributed by atoms with van der Waals surface area (Å²) >= 11 is 0. The topological polar surface area (TPSA) is 85.9 Å². The van der Waals surface area contributed by atoms with Gasteiger partial charge >= 0.3 is 0 Å². The molecule has 0 radical (unpaired) electrons. The van der Waals surface area contributed by atoms with Crippen molar-refractivity contribution in [2.45, 2.75) is 0 Å². The van der Waals surface area contributed by atoms with Gasteiger partial charge in [0.15, 0.2) is 11.5 Å². The minimum atomic E-state index is -0.639. The first-order valence-electron chi connectivity index (χ1n) is 9.90. The van der Waals surface area contributed by atoms with Crippen LogP contribution in [0.3, 0.4) is 0 Å². The standard InChI is InChI=1S/C25H23FN2O5/c1-31-21-10-5-4-7-16(21)13-20(25(30)27-19-9-6-8-18(26)15-19)28-24(29)17-11-12-22(32-2)23(14-17)33-3/h4-15H,1-3H3,(H,27,30)(H,28,29)/b20-13-. The summed E-state index contributed by atoms with van der Waals surface area (Å²) in [4.78, 5) is 26.0. The van der Waals surface area contributed by atoms with Crippen LogP contribution in [0.15, 0.2) is 72.4 Å². The van der Waals surface area contributed by atoms with Gasteiger partial charge in [-0.3, -0.25) is 9.59 Å². The Hall–Kier alpha value is -4.33. The van der Waals surface area contributed by atoms with Crippen LogP contribution in [-0.4, -0.2) is 33.1 Å². The van der Waals surface area contributed by atoms with Crippen molar-refractivity contribution >= 4 is 23.6 Å². The molecule has 3 aromatic carbocycles. The molecular weight excluding hydrogens is 427 g/mol. The number of rotatable bonds is 8. The number of para-hydroxylation sites is 1. The molecule has 3 aromatic rings. The molecule has 0 aliphatic heterocycles. The van der Waals surface area contributed by atoms with Gasteiger partial charge in [-0.15, -0.1) is 0 Å². The van der Waals surface area contributed by atoms with Gasteiger partial charge in [0.1, 0.15) is 17.3 Å². The van der Waals surface area contributed by atoms with E-state index in [0.29, 0.717) is 22.8 Å². The van der Waals surface area contributed by atoms with Crippen molar-refractivity contribution in [1.29, 1.82) is 0 Å². The molecule has 170 valence electrons. The van der Waals surface area contributed by atoms with E-state index >= 15 is 0 Å². The van der Waals surface area contributed by atoms with Gasteiger partial charge in [-0.05, 0) is 48.5 Å². The molecular formula is C25H23FN2O5. The molecule has 8 heteroatoms. The number of ether oxygens (including phenoxy) is 3. The number of halogens is 1. The maximum absolute atomic E-state index is 13.6. The van der Waals surface area contributed by atoms with E-state index in [9.17, 15) is 14.0 Å². The van der Waals surface area contributed by atoms with Gasteiger partial charge in [-0.1, -0.05) is 24.3 Å². The number of carbonyl (C=O) groups is 2. The quantitative estimate of drug-likeness (QED) is 0.501. The zero-order valence-corrected chi connectivity index (χ0v) is 18.3. The average Bonchev–Trinajstić information content (AvgIpc) is 2.83. The van der Waals surface area contributed by atoms with Gasteiger partial charge in [0.25, 0.3) is 11.8 Å². The number of hydrogen-bond donors (Lipinski definition) is 2. The molecule has 0 unspecified atom stereocenters. The van der Waals surface area contributed by atoms with Gasteiger partial charge in [0, 0.05) is 16.8 Å². The average molecular weight is 450 g/mol. The molecule has 0 aromatic heterocycles. The van der Waals surface area contributed by atoms with E-state index in [1.165, 1.54) is 57.7 Å². The second-order valence-corrected chi connectivity index (χ2v) is 6.79. The zero-order valence-electron chi connectivity index (χ0n) is 18.3. The molecule has 7 nitrogen and oxygen atoms in total. The molecule has 0 aliphatic carbocycles. The lowest BCUT2D eigenvalue weighted by Gasteiger charge is -2.13. The first-order valence-corrected chi connectivity index (χ1v) is 9.90. The molecule has 3 rings (SSSR count). The van der Waals surface area contributed by atoms with Crippen LogP contribution in [0, 0.1) is 5.82 Å². The van der Waals surface area contributed by atoms with Gasteiger partial charge in [-0.25, -0.2) is 4.39 Å². The molecule has 0 saturated heterocycles. The van der Waals surface area contributed by atoms with E-state index in [1.54, 1.807) is 36.4 Å². The van der Waals surface area contributed by atoms with Crippen molar-refractivity contribution < 1.29 is 28.2 Å². The fourth-order valence-corrected chi connectivity index (χ4v) is 3.04. The van der Waals surface area contributed by atoms with Crippen LogP contribution in [0.5, 0.6) is 17.2 Å². The van der Waals surface area contributed by atoms with Crippen molar-refractivity contribution in [3.8, 4) is 17.2 Å². The summed E-state index contributed by atoms with van der Waals surface area (Å²) in [5, 5.41) is 5.21. The highest BCUT2D eigenvalue weighted by molar-refractivity contribution is 6.10. The highest BCUT2D eigenvalue weighted by Crippen LogP contribution is 2.28. The number of anilines is 1. The Morgan fingerprint density at radius 3 is 2.24 bits per heavy atom. The van der Waals surface area contributed by atoms with Crippen LogP contribution >= 0.6 is 0 Å². The van der Waals surface area contributed by atoms with Crippen LogP contribution in [-0.2, 0) is 4.79 Å². The van der Waals surface area contributed by atoms with Crippen molar-refractivity contribution in [2.75, 3.05) is 26.6 Å². The lowest BCUT2D eigenvalue weighted by molar-refractivity contribution is -0.113. The molecule has 0 aliphatic rings. The molecule has 0 spiro atoms. The van der Waals surface area contributed by atoms with E-state index in [4.69, 9.17) is 14.2 Å². The maximum Gasteiger partial charge on any atom is 0.272 e. The number of amides is 2. The Labute approximate surface area is 190 Å². The van der Waals surface area contributed by atoms with Gasteiger partial charge in [-0.2, -0.15) is 0 Å². The van der Waals surface area contributed by atoms with E-state index in [1.807, 2.05) is 0 Å². The van der Waals surface area contributed by atoms with Crippen LogP contribution in [0.1, 0.15) is 15.9 Å². The van der Waals surface area contributed by atoms with Crippen molar-refractivity contribution in [3.05, 3.63) is 89.4 Å². The Morgan fingerprint density at radius 1 is 0.818 bits per heavy atom. The number of hydrogen-bond acceptors (Lipinski definition) is 5. The molecule has 33 heavy (non-hydrogen) atoms. The third-order valence-corrected chi connectivity index (χ3v) is 4.66. The van der Waals surface area contributed by atoms with Crippen LogP contribution in [0.4, 0.5) is 10.1 Å². The molecule has 0 atom stereocenters. The van der Waals surface area contributed by atoms with Crippen molar-refractivity contribution in [1.82, 2.24) is 5.32 Å². The predicted molar refractivity (Wildman–Crippen MR) is 123 cm³/mol. The van der Waals surface area contributed by atoms with Gasteiger partial charge < -0.3 is 24.8 Å². The second-order valence-electron chi connectivity index (χ2n) is 6.79. The minimum Gasteiger partial charge on any atom is -0.496 e. The molecule has 2 N–H and O–H groups in total. The first kappa shape index (κ1) is 23.3. The molecule has 0 saturated carbocycles. The highest BCUT2D eigenvalue weighted by Gasteiger charge is 2.18. The summed E-state index contributed by atoms with van der Waals surface area (Å²) < 4.78 is 29.3. The molecule has 0 fully saturated rings. The SMILES string of the molecule is COc1ccccc1/C=C(\NC(=O)c1ccc(OC)c(OC)c1)C(=O)Nc1cccc(F)c1. The van der Waals surface area contributed by atoms with Crippen LogP contribution in [0.2, 0.25) is 0 Å². The molecule has 2 amide bonds. The Morgan fingerprint density at radius 2 is 1.55 bits per heavy atom. The Balaban J connectivity index is 1.95. The summed E-state index contributed by atoms with van der Waals surface area (Å²) in [5.41, 5.74) is 0.990. The van der Waals surface area contributed by atoms with E-state index in [0.717, 1.165) is 0 Å². The summed E-state index contributed by atoms with van der Waals surface area (Å²) in [6, 6.07) is 17.1. The van der Waals surface area contributed by atoms with Crippen molar-refractivity contribution in [2.24, 2.45) is 0 Å². The summed E-state index contributed by atoms with van der Waals surface area (Å²) in [5.74, 6) is -0.356. The first-order chi connectivity index (χ1) is 15.9. The Bertz CT molecular complexity index is 1190. The number of benzene rings is 3. The van der Waals surface area contributed by atoms with Gasteiger partial charge in [0.2, 0.25) is 0 Å². The second kappa shape index (κ2) is 10.8. The number of carbonyl (C=O) groups excluding carboxylic acids is 2. The summed E-state index contributed by atoms with van der Waals surface area (Å²) in [6.45, 7) is 0. The van der Waals surface area contributed by atoms with Crippen LogP contribution < -0.4 is 24.8 Å². The number of nitrogens with one attached hydrogen (secondary N) is 2. The zero-order chi connectivity index (χ0) is 23.8. The summed E-state index contributed by atoms with van der Waals surface area (Å²) in [6.07, 6.45) is 1.48. The normalized spacial score (nSPS) is 10.8. The monoisotopic (exact) mass is 450 g/mol. The largest absolute Gasteiger partial charge is 0.496 e. The van der Waals surface area contributed by atoms with Gasteiger partial charge in [0.05, 0.1) is 21.3 Å². The van der Waals surface area contributed by atoms with E-state index in [2.05, 4.69) is 10.6 Å². The third-order valence-electron chi connectivity index (χ3n) is 4.66. The highest BCUT2D eigenvalue weighted by atomic mass is 19.1. The molecule has 0 bridgehead atoms. The minimum absolute atomic E-state index is 0.0662. The smallest absolute Gasteiger partial charge is 0.272 e. The summed E-state index contributed by atoms with van der Waals surface area (Å²) in [7, 11) is 4.45. The fourth-order valence-electron chi connectivity index (χ4n) is 3.04. The maximum atomic E-state index is 13.6. The third kappa shape index (κ3) is 5.88. The van der Waals surface area contributed by atoms with E-state index in [-0.39, 0.29) is 16.9 Å². The molecule has 0 heterocycles. The Kier molecular flexibility index (Phi) is 7.64. The van der Waals surface area contributed by atoms with Crippen LogP contribution in [0.25, 0.3) is 6.08 Å². The fraction of sp³-hybridized carbons (Fsp3) is 0.120. The predicted octanol–water partition coefficient (Wildman–Crippen LogP) is 4.26. The number of methoxy groups -OCH3 is 3. The lowest BCUT2D eigenvalue weighted by atomic mass is 10.1. The lowest BCUT2D eigenvalue weighted by Crippen LogP contribution is -2.30.